The van der Waals surface area contributed by atoms with Gasteiger partial charge in [0.1, 0.15) is 5.82 Å². The molecule has 0 aliphatic heterocycles. The molecule has 0 saturated heterocycles. The molecular formula is C16H16BrFN2O3S. The molecule has 8 heteroatoms. The number of sulfonamides is 1. The van der Waals surface area contributed by atoms with Crippen molar-refractivity contribution < 1.29 is 17.6 Å². The highest BCUT2D eigenvalue weighted by atomic mass is 79.9. The van der Waals surface area contributed by atoms with E-state index in [-0.39, 0.29) is 16.5 Å². The average molecular weight is 415 g/mol. The van der Waals surface area contributed by atoms with Gasteiger partial charge in [-0.2, -0.15) is 0 Å². The second-order valence-corrected chi connectivity index (χ2v) is 7.81. The van der Waals surface area contributed by atoms with E-state index in [1.165, 1.54) is 29.2 Å². The zero-order chi connectivity index (χ0) is 18.1. The minimum atomic E-state index is -3.77. The van der Waals surface area contributed by atoms with Crippen LogP contribution in [-0.2, 0) is 10.0 Å². The number of rotatable bonds is 4. The fraction of sp³-hybridized carbons (Fsp3) is 0.188. The Morgan fingerprint density at radius 3 is 2.29 bits per heavy atom. The lowest BCUT2D eigenvalue weighted by molar-refractivity contribution is 0.0738. The van der Waals surface area contributed by atoms with Gasteiger partial charge in [-0.25, -0.2) is 17.9 Å². The van der Waals surface area contributed by atoms with Crippen LogP contribution in [0.3, 0.4) is 0 Å². The molecule has 0 bridgehead atoms. The first-order chi connectivity index (χ1) is 11.1. The number of hydrogen-bond acceptors (Lipinski definition) is 3. The molecule has 2 N–H and O–H groups in total. The monoisotopic (exact) mass is 414 g/mol. The Morgan fingerprint density at radius 1 is 1.21 bits per heavy atom. The number of nitrogens with zero attached hydrogens (tertiary/aromatic N) is 1. The molecular weight excluding hydrogens is 399 g/mol. The minimum Gasteiger partial charge on any atom is -0.335 e. The molecule has 0 spiro atoms. The number of halogens is 2. The number of amides is 1. The second-order valence-electron chi connectivity index (χ2n) is 5.33. The van der Waals surface area contributed by atoms with E-state index < -0.39 is 21.7 Å². The Bertz CT molecular complexity index is 869. The predicted molar refractivity (Wildman–Crippen MR) is 92.4 cm³/mol. The highest BCUT2D eigenvalue weighted by Gasteiger charge is 2.22. The Hall–Kier alpha value is -1.77. The molecule has 0 saturated carbocycles. The summed E-state index contributed by atoms with van der Waals surface area (Å²) in [6.07, 6.45) is 0. The highest BCUT2D eigenvalue weighted by Crippen LogP contribution is 2.24. The first kappa shape index (κ1) is 18.6. The summed E-state index contributed by atoms with van der Waals surface area (Å²) >= 11 is 3.15. The van der Waals surface area contributed by atoms with Crippen LogP contribution in [0, 0.1) is 5.82 Å². The summed E-state index contributed by atoms with van der Waals surface area (Å²) in [5.74, 6) is -1.08. The van der Waals surface area contributed by atoms with Crippen LogP contribution in [0.4, 0.5) is 4.39 Å². The summed E-state index contributed by atoms with van der Waals surface area (Å²) in [6, 6.07) is 9.75. The molecule has 128 valence electrons. The standard InChI is InChI=1S/C16H16BrFN2O3S/c1-10(11-3-6-13(7-4-11)24(19,22)23)20(2)16(21)14-8-5-12(17)9-15(14)18/h3-10H,1-2H3,(H2,19,22,23). The molecule has 1 amide bonds. The quantitative estimate of drug-likeness (QED) is 0.834. The van der Waals surface area contributed by atoms with Gasteiger partial charge in [-0.3, -0.25) is 4.79 Å². The number of primary sulfonamides is 1. The molecule has 0 aliphatic rings. The predicted octanol–water partition coefficient (Wildman–Crippen LogP) is 3.07. The maximum atomic E-state index is 14.0. The van der Waals surface area contributed by atoms with E-state index in [0.717, 1.165) is 0 Å². The van der Waals surface area contributed by atoms with Gasteiger partial charge in [-0.1, -0.05) is 28.1 Å². The van der Waals surface area contributed by atoms with Gasteiger partial charge in [-0.15, -0.1) is 0 Å². The van der Waals surface area contributed by atoms with Gasteiger partial charge in [-0.05, 0) is 42.8 Å². The van der Waals surface area contributed by atoms with Crippen molar-refractivity contribution >= 4 is 31.9 Å². The molecule has 2 rings (SSSR count). The number of benzene rings is 2. The van der Waals surface area contributed by atoms with Gasteiger partial charge in [0.15, 0.2) is 0 Å². The first-order valence-electron chi connectivity index (χ1n) is 6.96. The SMILES string of the molecule is CC(c1ccc(S(N)(=O)=O)cc1)N(C)C(=O)c1ccc(Br)cc1F. The zero-order valence-corrected chi connectivity index (χ0v) is 15.4. The molecule has 0 heterocycles. The number of carbonyl (C=O) groups excluding carboxylic acids is 1. The largest absolute Gasteiger partial charge is 0.335 e. The van der Waals surface area contributed by atoms with E-state index >= 15 is 0 Å². The van der Waals surface area contributed by atoms with Gasteiger partial charge in [0.05, 0.1) is 16.5 Å². The van der Waals surface area contributed by atoms with E-state index in [0.29, 0.717) is 10.0 Å². The zero-order valence-electron chi connectivity index (χ0n) is 13.0. The molecule has 0 aromatic heterocycles. The van der Waals surface area contributed by atoms with Gasteiger partial charge < -0.3 is 4.90 Å². The molecule has 1 unspecified atom stereocenters. The third kappa shape index (κ3) is 4.00. The molecule has 2 aromatic rings. The molecule has 0 fully saturated rings. The Balaban J connectivity index is 2.25. The molecule has 2 aromatic carbocycles. The summed E-state index contributed by atoms with van der Waals surface area (Å²) in [5, 5.41) is 5.06. The third-order valence-electron chi connectivity index (χ3n) is 3.75. The summed E-state index contributed by atoms with van der Waals surface area (Å²) < 4.78 is 37.0. The second kappa shape index (κ2) is 7.00. The third-order valence-corrected chi connectivity index (χ3v) is 5.18. The van der Waals surface area contributed by atoms with Crippen molar-refractivity contribution in [3.05, 3.63) is 63.9 Å². The summed E-state index contributed by atoms with van der Waals surface area (Å²) in [4.78, 5) is 13.9. The Kier molecular flexibility index (Phi) is 5.42. The Labute approximate surface area is 148 Å². The number of nitrogens with two attached hydrogens (primary N) is 1. The molecule has 0 radical (unpaired) electrons. The highest BCUT2D eigenvalue weighted by molar-refractivity contribution is 9.10. The lowest BCUT2D eigenvalue weighted by Gasteiger charge is -2.25. The van der Waals surface area contributed by atoms with Crippen LogP contribution in [0.2, 0.25) is 0 Å². The topological polar surface area (TPSA) is 80.5 Å². The van der Waals surface area contributed by atoms with Crippen molar-refractivity contribution in [1.29, 1.82) is 0 Å². The van der Waals surface area contributed by atoms with Gasteiger partial charge in [0, 0.05) is 11.5 Å². The van der Waals surface area contributed by atoms with Crippen LogP contribution in [0.5, 0.6) is 0 Å². The van der Waals surface area contributed by atoms with E-state index in [9.17, 15) is 17.6 Å². The van der Waals surface area contributed by atoms with E-state index in [1.54, 1.807) is 32.2 Å². The maximum absolute atomic E-state index is 14.0. The lowest BCUT2D eigenvalue weighted by Crippen LogP contribution is -2.30. The number of hydrogen-bond donors (Lipinski definition) is 1. The Morgan fingerprint density at radius 2 is 1.79 bits per heavy atom. The van der Waals surface area contributed by atoms with Gasteiger partial charge in [0.2, 0.25) is 10.0 Å². The van der Waals surface area contributed by atoms with Crippen molar-refractivity contribution in [3.63, 3.8) is 0 Å². The van der Waals surface area contributed by atoms with Crippen molar-refractivity contribution in [3.8, 4) is 0 Å². The van der Waals surface area contributed by atoms with Gasteiger partial charge in [0.25, 0.3) is 5.91 Å². The summed E-state index contributed by atoms with van der Waals surface area (Å²) in [7, 11) is -2.21. The van der Waals surface area contributed by atoms with Crippen molar-refractivity contribution in [1.82, 2.24) is 4.90 Å². The summed E-state index contributed by atoms with van der Waals surface area (Å²) in [5.41, 5.74) is 0.671. The molecule has 1 atom stereocenters. The van der Waals surface area contributed by atoms with Crippen LogP contribution in [0.15, 0.2) is 51.8 Å². The van der Waals surface area contributed by atoms with Crippen LogP contribution in [0.25, 0.3) is 0 Å². The van der Waals surface area contributed by atoms with Crippen LogP contribution in [-0.4, -0.2) is 26.3 Å². The number of carbonyl (C=O) groups is 1. The normalized spacial score (nSPS) is 12.7. The summed E-state index contributed by atoms with van der Waals surface area (Å²) in [6.45, 7) is 1.76. The smallest absolute Gasteiger partial charge is 0.257 e. The van der Waals surface area contributed by atoms with Crippen LogP contribution in [0.1, 0.15) is 28.9 Å². The lowest BCUT2D eigenvalue weighted by atomic mass is 10.1. The fourth-order valence-corrected chi connectivity index (χ4v) is 3.04. The van der Waals surface area contributed by atoms with Crippen LogP contribution >= 0.6 is 15.9 Å². The van der Waals surface area contributed by atoms with Gasteiger partial charge >= 0.3 is 0 Å². The molecule has 24 heavy (non-hydrogen) atoms. The minimum absolute atomic E-state index is 0.00798. The first-order valence-corrected chi connectivity index (χ1v) is 9.30. The molecule has 0 aliphatic carbocycles. The van der Waals surface area contributed by atoms with E-state index in [2.05, 4.69) is 15.9 Å². The fourth-order valence-electron chi connectivity index (χ4n) is 2.19. The molecule has 5 nitrogen and oxygen atoms in total. The van der Waals surface area contributed by atoms with Crippen molar-refractivity contribution in [2.45, 2.75) is 17.9 Å². The maximum Gasteiger partial charge on any atom is 0.257 e. The van der Waals surface area contributed by atoms with Crippen molar-refractivity contribution in [2.75, 3.05) is 7.05 Å². The van der Waals surface area contributed by atoms with Crippen molar-refractivity contribution in [2.24, 2.45) is 5.14 Å². The van der Waals surface area contributed by atoms with Crippen LogP contribution < -0.4 is 5.14 Å². The van der Waals surface area contributed by atoms with E-state index in [4.69, 9.17) is 5.14 Å². The average Bonchev–Trinajstić information content (AvgIpc) is 2.52. The van der Waals surface area contributed by atoms with E-state index in [1.807, 2.05) is 0 Å².